The van der Waals surface area contributed by atoms with Crippen molar-refractivity contribution in [1.82, 2.24) is 0 Å². The molecule has 4 aliphatic carbocycles. The predicted molar refractivity (Wildman–Crippen MR) is 47.5 cm³/mol. The molecule has 4 aliphatic rings. The molecular weight excluding hydrogens is 146 g/mol. The molecule has 0 radical (unpaired) electrons. The summed E-state index contributed by atoms with van der Waals surface area (Å²) in [6.07, 6.45) is 7.59. The van der Waals surface area contributed by atoms with Crippen LogP contribution in [0.2, 0.25) is 0 Å². The fourth-order valence-electron chi connectivity index (χ4n) is 5.24. The minimum Gasteiger partial charge on any atom is -0.327 e. The fraction of sp³-hybridized carbons (Fsp3) is 1.00. The van der Waals surface area contributed by atoms with E-state index in [0.717, 1.165) is 29.1 Å². The van der Waals surface area contributed by atoms with Crippen molar-refractivity contribution in [3.05, 3.63) is 0 Å². The molecular formula is C11H17N. The maximum atomic E-state index is 6.28. The van der Waals surface area contributed by atoms with E-state index in [2.05, 4.69) is 0 Å². The van der Waals surface area contributed by atoms with E-state index in [9.17, 15) is 0 Å². The summed E-state index contributed by atoms with van der Waals surface area (Å²) >= 11 is 0. The predicted octanol–water partition coefficient (Wildman–Crippen LogP) is 1.77. The highest BCUT2D eigenvalue weighted by Crippen LogP contribution is 2.75. The summed E-state index contributed by atoms with van der Waals surface area (Å²) in [6, 6.07) is 0.591. The normalized spacial score (nSPS) is 71.2. The highest BCUT2D eigenvalue weighted by Gasteiger charge is 2.68. The summed E-state index contributed by atoms with van der Waals surface area (Å²) in [5, 5.41) is 0. The summed E-state index contributed by atoms with van der Waals surface area (Å²) in [5.74, 6) is 4.10. The van der Waals surface area contributed by atoms with Crippen molar-refractivity contribution in [2.24, 2.45) is 34.8 Å². The van der Waals surface area contributed by atoms with Crippen molar-refractivity contribution in [2.45, 2.75) is 38.1 Å². The third-order valence-corrected chi connectivity index (χ3v) is 5.74. The zero-order valence-corrected chi connectivity index (χ0v) is 7.50. The van der Waals surface area contributed by atoms with Gasteiger partial charge in [-0.05, 0) is 61.2 Å². The van der Waals surface area contributed by atoms with Crippen LogP contribution in [0.4, 0.5) is 0 Å². The fourth-order valence-corrected chi connectivity index (χ4v) is 5.24. The van der Waals surface area contributed by atoms with Gasteiger partial charge in [0.25, 0.3) is 0 Å². The Morgan fingerprint density at radius 3 is 2.08 bits per heavy atom. The van der Waals surface area contributed by atoms with Crippen LogP contribution in [0.3, 0.4) is 0 Å². The Labute approximate surface area is 73.7 Å². The molecule has 0 amide bonds. The molecule has 4 saturated carbocycles. The molecule has 0 aromatic heterocycles. The molecule has 1 spiro atoms. The topological polar surface area (TPSA) is 26.0 Å². The van der Waals surface area contributed by atoms with Gasteiger partial charge in [0.05, 0.1) is 0 Å². The van der Waals surface area contributed by atoms with E-state index < -0.39 is 0 Å². The lowest BCUT2D eigenvalue weighted by molar-refractivity contribution is 0.0000408. The molecule has 0 heterocycles. The van der Waals surface area contributed by atoms with Gasteiger partial charge in [-0.3, -0.25) is 0 Å². The Bertz CT molecular complexity index is 223. The van der Waals surface area contributed by atoms with E-state index in [1.807, 2.05) is 0 Å². The van der Waals surface area contributed by atoms with Crippen LogP contribution in [0, 0.1) is 29.1 Å². The van der Waals surface area contributed by atoms with Crippen LogP contribution >= 0.6 is 0 Å². The van der Waals surface area contributed by atoms with E-state index in [-0.39, 0.29) is 0 Å². The maximum Gasteiger partial charge on any atom is 0.00962 e. The first-order valence-corrected chi connectivity index (χ1v) is 5.55. The molecule has 4 unspecified atom stereocenters. The maximum absolute atomic E-state index is 6.28. The number of nitrogens with two attached hydrogens (primary N) is 1. The number of hydrogen-bond donors (Lipinski definition) is 1. The van der Waals surface area contributed by atoms with Crippen LogP contribution in [0.25, 0.3) is 0 Å². The monoisotopic (exact) mass is 163 g/mol. The van der Waals surface area contributed by atoms with Gasteiger partial charge < -0.3 is 5.73 Å². The average Bonchev–Trinajstić information content (AvgIpc) is 2.45. The molecule has 12 heavy (non-hydrogen) atoms. The largest absolute Gasteiger partial charge is 0.327 e. The van der Waals surface area contributed by atoms with Crippen molar-refractivity contribution in [3.8, 4) is 0 Å². The van der Waals surface area contributed by atoms with Gasteiger partial charge in [-0.15, -0.1) is 0 Å². The van der Waals surface area contributed by atoms with Gasteiger partial charge in [0.1, 0.15) is 0 Å². The van der Waals surface area contributed by atoms with Crippen LogP contribution in [0.1, 0.15) is 32.1 Å². The molecule has 0 aromatic rings. The summed E-state index contributed by atoms with van der Waals surface area (Å²) in [4.78, 5) is 0. The second kappa shape index (κ2) is 1.61. The van der Waals surface area contributed by atoms with Crippen LogP contribution in [0.5, 0.6) is 0 Å². The molecule has 4 atom stereocenters. The first kappa shape index (κ1) is 6.42. The summed E-state index contributed by atoms with van der Waals surface area (Å²) in [6.45, 7) is 0. The zero-order valence-electron chi connectivity index (χ0n) is 7.50. The number of fused-ring (bicyclic) bond motifs is 2. The number of rotatable bonds is 0. The van der Waals surface area contributed by atoms with Gasteiger partial charge in [-0.25, -0.2) is 0 Å². The summed E-state index contributed by atoms with van der Waals surface area (Å²) in [7, 11) is 0. The van der Waals surface area contributed by atoms with Gasteiger partial charge in [0, 0.05) is 6.04 Å². The lowest BCUT2D eigenvalue weighted by atomic mass is 9.56. The third-order valence-electron chi connectivity index (χ3n) is 5.74. The molecule has 1 nitrogen and oxygen atoms in total. The molecule has 0 saturated heterocycles. The smallest absolute Gasteiger partial charge is 0.00962 e. The minimum absolute atomic E-state index is 0.591. The highest BCUT2D eigenvalue weighted by molar-refractivity contribution is 5.18. The van der Waals surface area contributed by atoms with Gasteiger partial charge >= 0.3 is 0 Å². The van der Waals surface area contributed by atoms with E-state index in [1.54, 1.807) is 6.42 Å². The van der Waals surface area contributed by atoms with E-state index >= 15 is 0 Å². The quantitative estimate of drug-likeness (QED) is 0.578. The lowest BCUT2D eigenvalue weighted by Crippen LogP contribution is -2.43. The van der Waals surface area contributed by atoms with Crippen LogP contribution < -0.4 is 5.73 Å². The SMILES string of the molecule is NC1C2CC3CC4CC1CC34C2. The van der Waals surface area contributed by atoms with E-state index in [1.165, 1.54) is 25.7 Å². The lowest BCUT2D eigenvalue weighted by Gasteiger charge is -2.49. The van der Waals surface area contributed by atoms with E-state index in [4.69, 9.17) is 5.73 Å². The van der Waals surface area contributed by atoms with Gasteiger partial charge in [-0.2, -0.15) is 0 Å². The molecule has 1 heteroatoms. The molecule has 0 aliphatic heterocycles. The van der Waals surface area contributed by atoms with Gasteiger partial charge in [0.15, 0.2) is 0 Å². The average molecular weight is 163 g/mol. The number of hydrogen-bond acceptors (Lipinski definition) is 1. The second-order valence-corrected chi connectivity index (χ2v) is 5.84. The van der Waals surface area contributed by atoms with Crippen LogP contribution in [-0.4, -0.2) is 6.04 Å². The minimum atomic E-state index is 0.591. The summed E-state index contributed by atoms with van der Waals surface area (Å²) in [5.41, 5.74) is 7.14. The van der Waals surface area contributed by atoms with Crippen molar-refractivity contribution in [1.29, 1.82) is 0 Å². The van der Waals surface area contributed by atoms with Gasteiger partial charge in [-0.1, -0.05) is 0 Å². The third kappa shape index (κ3) is 0.454. The Morgan fingerprint density at radius 1 is 0.917 bits per heavy atom. The Balaban J connectivity index is 1.86. The summed E-state index contributed by atoms with van der Waals surface area (Å²) < 4.78 is 0. The molecule has 0 aromatic carbocycles. The molecule has 4 rings (SSSR count). The Hall–Kier alpha value is -0.0400. The first-order valence-electron chi connectivity index (χ1n) is 5.55. The van der Waals surface area contributed by atoms with Crippen molar-refractivity contribution in [2.75, 3.05) is 0 Å². The van der Waals surface area contributed by atoms with Crippen LogP contribution in [0.15, 0.2) is 0 Å². The van der Waals surface area contributed by atoms with Crippen molar-refractivity contribution < 1.29 is 0 Å². The standard InChI is InChI=1S/C11H17N/c12-10-6-1-8-3-9-2-7(10)5-11(8,9)4-6/h6-10H,1-5,12H2. The van der Waals surface area contributed by atoms with Crippen molar-refractivity contribution >= 4 is 0 Å². The Kier molecular flexibility index (Phi) is 0.863. The zero-order chi connectivity index (χ0) is 7.92. The molecule has 2 N–H and O–H groups in total. The van der Waals surface area contributed by atoms with Crippen molar-refractivity contribution in [3.63, 3.8) is 0 Å². The van der Waals surface area contributed by atoms with Gasteiger partial charge in [0.2, 0.25) is 0 Å². The first-order chi connectivity index (χ1) is 5.79. The second-order valence-electron chi connectivity index (χ2n) is 5.84. The molecule has 3 bridgehead atoms. The molecule has 4 fully saturated rings. The van der Waals surface area contributed by atoms with E-state index in [0.29, 0.717) is 6.04 Å². The Morgan fingerprint density at radius 2 is 1.50 bits per heavy atom. The van der Waals surface area contributed by atoms with Crippen LogP contribution in [-0.2, 0) is 0 Å². The highest BCUT2D eigenvalue weighted by atomic mass is 14.8. The molecule has 66 valence electrons.